The Kier molecular flexibility index (Phi) is 2.47. The van der Waals surface area contributed by atoms with Crippen LogP contribution in [0, 0.1) is 6.92 Å². The molecule has 1 aliphatic carbocycles. The Bertz CT molecular complexity index is 503. The standard InChI is InChI=1S/C14H16O4/c1-9-7-11-12(18-6-5-17-11)8-10(9)14(3-4-14)13(15)16-2/h7-8H,3-6H2,1-2H3. The summed E-state index contributed by atoms with van der Waals surface area (Å²) in [6, 6.07) is 3.89. The third-order valence-electron chi connectivity index (χ3n) is 3.73. The highest BCUT2D eigenvalue weighted by Gasteiger charge is 2.53. The third kappa shape index (κ3) is 1.55. The van der Waals surface area contributed by atoms with Gasteiger partial charge in [-0.25, -0.2) is 0 Å². The number of hydrogen-bond acceptors (Lipinski definition) is 4. The molecule has 0 unspecified atom stereocenters. The van der Waals surface area contributed by atoms with Gasteiger partial charge in [-0.15, -0.1) is 0 Å². The van der Waals surface area contributed by atoms with Crippen LogP contribution >= 0.6 is 0 Å². The van der Waals surface area contributed by atoms with Gasteiger partial charge in [-0.3, -0.25) is 4.79 Å². The van der Waals surface area contributed by atoms with E-state index in [0.29, 0.717) is 13.2 Å². The predicted molar refractivity (Wildman–Crippen MR) is 65.1 cm³/mol. The molecule has 96 valence electrons. The number of esters is 1. The van der Waals surface area contributed by atoms with Gasteiger partial charge < -0.3 is 14.2 Å². The average molecular weight is 248 g/mol. The summed E-state index contributed by atoms with van der Waals surface area (Å²) in [6.07, 6.45) is 1.69. The molecule has 3 rings (SSSR count). The summed E-state index contributed by atoms with van der Waals surface area (Å²) in [5.41, 5.74) is 1.62. The Balaban J connectivity index is 2.05. The van der Waals surface area contributed by atoms with Crippen molar-refractivity contribution in [2.45, 2.75) is 25.2 Å². The minimum Gasteiger partial charge on any atom is -0.486 e. The van der Waals surface area contributed by atoms with Crippen molar-refractivity contribution in [1.82, 2.24) is 0 Å². The van der Waals surface area contributed by atoms with E-state index in [1.165, 1.54) is 7.11 Å². The van der Waals surface area contributed by atoms with Crippen molar-refractivity contribution in [1.29, 1.82) is 0 Å². The van der Waals surface area contributed by atoms with E-state index < -0.39 is 5.41 Å². The van der Waals surface area contributed by atoms with Gasteiger partial charge in [0.05, 0.1) is 12.5 Å². The number of ether oxygens (including phenoxy) is 3. The van der Waals surface area contributed by atoms with Gasteiger partial charge in [0.2, 0.25) is 0 Å². The van der Waals surface area contributed by atoms with Gasteiger partial charge in [-0.05, 0) is 43.0 Å². The lowest BCUT2D eigenvalue weighted by Crippen LogP contribution is -2.24. The van der Waals surface area contributed by atoms with Crippen molar-refractivity contribution >= 4 is 5.97 Å². The molecule has 0 amide bonds. The van der Waals surface area contributed by atoms with Gasteiger partial charge >= 0.3 is 5.97 Å². The number of carbonyl (C=O) groups excluding carboxylic acids is 1. The Morgan fingerprint density at radius 3 is 2.39 bits per heavy atom. The van der Waals surface area contributed by atoms with Gasteiger partial charge in [0.25, 0.3) is 0 Å². The maximum atomic E-state index is 11.9. The molecular weight excluding hydrogens is 232 g/mol. The van der Waals surface area contributed by atoms with E-state index in [1.807, 2.05) is 19.1 Å². The molecule has 1 aliphatic heterocycles. The van der Waals surface area contributed by atoms with E-state index in [4.69, 9.17) is 14.2 Å². The van der Waals surface area contributed by atoms with Crippen molar-refractivity contribution in [3.05, 3.63) is 23.3 Å². The molecule has 1 fully saturated rings. The van der Waals surface area contributed by atoms with Crippen molar-refractivity contribution in [3.8, 4) is 11.5 Å². The Morgan fingerprint density at radius 1 is 1.22 bits per heavy atom. The Labute approximate surface area is 106 Å². The molecule has 0 spiro atoms. The van der Waals surface area contributed by atoms with E-state index in [2.05, 4.69) is 0 Å². The molecule has 0 aromatic heterocycles. The first-order chi connectivity index (χ1) is 8.67. The largest absolute Gasteiger partial charge is 0.486 e. The van der Waals surface area contributed by atoms with E-state index >= 15 is 0 Å². The second-order valence-corrected chi connectivity index (χ2v) is 4.88. The summed E-state index contributed by atoms with van der Waals surface area (Å²) in [5, 5.41) is 0. The molecule has 1 heterocycles. The second-order valence-electron chi connectivity index (χ2n) is 4.88. The molecule has 0 atom stereocenters. The monoisotopic (exact) mass is 248 g/mol. The molecule has 0 N–H and O–H groups in total. The molecule has 18 heavy (non-hydrogen) atoms. The van der Waals surface area contributed by atoms with E-state index in [0.717, 1.165) is 35.5 Å². The number of hydrogen-bond donors (Lipinski definition) is 0. The fraction of sp³-hybridized carbons (Fsp3) is 0.500. The SMILES string of the molecule is COC(=O)C1(c2cc3c(cc2C)OCCO3)CC1. The number of fused-ring (bicyclic) bond motifs is 1. The summed E-state index contributed by atoms with van der Waals surface area (Å²) >= 11 is 0. The zero-order chi connectivity index (χ0) is 12.8. The molecule has 0 saturated heterocycles. The Hall–Kier alpha value is -1.71. The molecule has 0 bridgehead atoms. The first-order valence-electron chi connectivity index (χ1n) is 6.16. The van der Waals surface area contributed by atoms with Crippen LogP contribution in [0.25, 0.3) is 0 Å². The molecule has 0 radical (unpaired) electrons. The molecule has 4 heteroatoms. The normalized spacial score (nSPS) is 19.2. The van der Waals surface area contributed by atoms with Crippen molar-refractivity contribution in [3.63, 3.8) is 0 Å². The summed E-state index contributed by atoms with van der Waals surface area (Å²) in [5.74, 6) is 1.35. The highest BCUT2D eigenvalue weighted by Crippen LogP contribution is 2.52. The molecular formula is C14H16O4. The van der Waals surface area contributed by atoms with Gasteiger partial charge in [0, 0.05) is 0 Å². The van der Waals surface area contributed by atoms with Gasteiger partial charge in [-0.2, -0.15) is 0 Å². The van der Waals surface area contributed by atoms with E-state index in [9.17, 15) is 4.79 Å². The molecule has 1 aromatic carbocycles. The number of benzene rings is 1. The molecule has 4 nitrogen and oxygen atoms in total. The van der Waals surface area contributed by atoms with Gasteiger partial charge in [0.1, 0.15) is 13.2 Å². The predicted octanol–water partition coefficient (Wildman–Crippen LogP) is 1.97. The van der Waals surface area contributed by atoms with E-state index in [1.54, 1.807) is 0 Å². The highest BCUT2D eigenvalue weighted by molar-refractivity contribution is 5.87. The lowest BCUT2D eigenvalue weighted by atomic mass is 9.91. The summed E-state index contributed by atoms with van der Waals surface area (Å²) in [7, 11) is 1.44. The number of rotatable bonds is 2. The lowest BCUT2D eigenvalue weighted by molar-refractivity contribution is -0.143. The van der Waals surface area contributed by atoms with Crippen LogP contribution in [0.1, 0.15) is 24.0 Å². The fourth-order valence-electron chi connectivity index (χ4n) is 2.61. The van der Waals surface area contributed by atoms with Crippen LogP contribution in [0.5, 0.6) is 11.5 Å². The first-order valence-corrected chi connectivity index (χ1v) is 6.16. The highest BCUT2D eigenvalue weighted by atomic mass is 16.6. The topological polar surface area (TPSA) is 44.8 Å². The van der Waals surface area contributed by atoms with Crippen molar-refractivity contribution < 1.29 is 19.0 Å². The van der Waals surface area contributed by atoms with Gasteiger partial charge in [0.15, 0.2) is 11.5 Å². The molecule has 1 aromatic rings. The fourth-order valence-corrected chi connectivity index (χ4v) is 2.61. The maximum absolute atomic E-state index is 11.9. The maximum Gasteiger partial charge on any atom is 0.316 e. The lowest BCUT2D eigenvalue weighted by Gasteiger charge is -2.23. The van der Waals surface area contributed by atoms with Crippen molar-refractivity contribution in [2.24, 2.45) is 0 Å². The van der Waals surface area contributed by atoms with Crippen LogP contribution in [0.3, 0.4) is 0 Å². The zero-order valence-electron chi connectivity index (χ0n) is 10.6. The van der Waals surface area contributed by atoms with Crippen LogP contribution in [0.2, 0.25) is 0 Å². The van der Waals surface area contributed by atoms with Crippen LogP contribution in [0.15, 0.2) is 12.1 Å². The number of carbonyl (C=O) groups is 1. The molecule has 2 aliphatic rings. The number of methoxy groups -OCH3 is 1. The van der Waals surface area contributed by atoms with Crippen LogP contribution < -0.4 is 9.47 Å². The van der Waals surface area contributed by atoms with Crippen LogP contribution in [0.4, 0.5) is 0 Å². The smallest absolute Gasteiger partial charge is 0.316 e. The minimum atomic E-state index is -0.450. The number of aryl methyl sites for hydroxylation is 1. The van der Waals surface area contributed by atoms with Crippen molar-refractivity contribution in [2.75, 3.05) is 20.3 Å². The summed E-state index contributed by atoms with van der Waals surface area (Å²) in [4.78, 5) is 11.9. The van der Waals surface area contributed by atoms with Gasteiger partial charge in [-0.1, -0.05) is 0 Å². The first kappa shape index (κ1) is 11.4. The summed E-state index contributed by atoms with van der Waals surface area (Å²) in [6.45, 7) is 3.13. The minimum absolute atomic E-state index is 0.151. The zero-order valence-corrected chi connectivity index (χ0v) is 10.6. The third-order valence-corrected chi connectivity index (χ3v) is 3.73. The quantitative estimate of drug-likeness (QED) is 0.751. The summed E-state index contributed by atoms with van der Waals surface area (Å²) < 4.78 is 16.0. The van der Waals surface area contributed by atoms with Crippen LogP contribution in [-0.4, -0.2) is 26.3 Å². The second kappa shape index (κ2) is 3.90. The van der Waals surface area contributed by atoms with E-state index in [-0.39, 0.29) is 5.97 Å². The molecule has 1 saturated carbocycles. The Morgan fingerprint density at radius 2 is 1.83 bits per heavy atom. The van der Waals surface area contributed by atoms with Crippen LogP contribution in [-0.2, 0) is 14.9 Å². The average Bonchev–Trinajstić information content (AvgIpc) is 3.18.